The Bertz CT molecular complexity index is 526. The van der Waals surface area contributed by atoms with Crippen LogP contribution >= 0.6 is 12.2 Å². The predicted octanol–water partition coefficient (Wildman–Crippen LogP) is 3.36. The van der Waals surface area contributed by atoms with Crippen LogP contribution < -0.4 is 5.73 Å². The first kappa shape index (κ1) is 16.0. The zero-order chi connectivity index (χ0) is 15.6. The van der Waals surface area contributed by atoms with Crippen molar-refractivity contribution in [2.24, 2.45) is 11.1 Å². The van der Waals surface area contributed by atoms with Crippen molar-refractivity contribution >= 4 is 23.1 Å². The van der Waals surface area contributed by atoms with Crippen molar-refractivity contribution in [1.82, 2.24) is 4.90 Å². The molecule has 0 spiro atoms. The van der Waals surface area contributed by atoms with Crippen LogP contribution in [0.5, 0.6) is 0 Å². The van der Waals surface area contributed by atoms with Crippen LogP contribution in [0.2, 0.25) is 0 Å². The van der Waals surface area contributed by atoms with Crippen molar-refractivity contribution in [3.8, 4) is 0 Å². The number of rotatable bonds is 3. The zero-order valence-corrected chi connectivity index (χ0v) is 13.9. The van der Waals surface area contributed by atoms with Gasteiger partial charge in [-0.25, -0.2) is 0 Å². The lowest BCUT2D eigenvalue weighted by Gasteiger charge is -2.38. The van der Waals surface area contributed by atoms with E-state index in [1.54, 1.807) is 12.1 Å². The molecule has 0 atom stereocenters. The van der Waals surface area contributed by atoms with Gasteiger partial charge in [-0.15, -0.1) is 0 Å². The molecule has 1 aliphatic rings. The Hall–Kier alpha value is -1.42. The van der Waals surface area contributed by atoms with Crippen molar-refractivity contribution in [1.29, 1.82) is 0 Å². The molecule has 1 fully saturated rings. The third-order valence-electron chi connectivity index (χ3n) is 4.59. The Balaban J connectivity index is 2.04. The molecule has 0 unspecified atom stereocenters. The first-order valence-corrected chi connectivity index (χ1v) is 7.88. The maximum absolute atomic E-state index is 12.5. The normalized spacial score (nSPS) is 18.2. The average Bonchev–Trinajstić information content (AvgIpc) is 2.46. The van der Waals surface area contributed by atoms with Gasteiger partial charge >= 0.3 is 0 Å². The number of thiocarbonyl (C=S) groups is 1. The van der Waals surface area contributed by atoms with Crippen LogP contribution in [-0.4, -0.2) is 28.9 Å². The van der Waals surface area contributed by atoms with Crippen LogP contribution in [0.15, 0.2) is 24.3 Å². The van der Waals surface area contributed by atoms with Crippen LogP contribution in [0.25, 0.3) is 0 Å². The van der Waals surface area contributed by atoms with E-state index < -0.39 is 0 Å². The van der Waals surface area contributed by atoms with E-state index in [1.807, 2.05) is 24.1 Å². The Labute approximate surface area is 132 Å². The summed E-state index contributed by atoms with van der Waals surface area (Å²) in [6.07, 6.45) is 4.52. The molecule has 0 aliphatic heterocycles. The van der Waals surface area contributed by atoms with Crippen molar-refractivity contribution < 1.29 is 4.79 Å². The molecule has 0 aromatic heterocycles. The van der Waals surface area contributed by atoms with Gasteiger partial charge < -0.3 is 10.6 Å². The second-order valence-corrected chi connectivity index (χ2v) is 7.19. The van der Waals surface area contributed by atoms with Gasteiger partial charge in [0.1, 0.15) is 4.99 Å². The number of benzene rings is 1. The molecule has 21 heavy (non-hydrogen) atoms. The highest BCUT2D eigenvalue weighted by Gasteiger charge is 2.30. The molecule has 4 heteroatoms. The molecule has 2 rings (SSSR count). The number of nitrogens with zero attached hydrogens (tertiary/aromatic N) is 1. The number of hydrogen-bond donors (Lipinski definition) is 1. The lowest BCUT2D eigenvalue weighted by molar-refractivity contribution is 0.0635. The summed E-state index contributed by atoms with van der Waals surface area (Å²) < 4.78 is 0. The molecular formula is C17H24N2OS. The van der Waals surface area contributed by atoms with Crippen LogP contribution in [0.3, 0.4) is 0 Å². The maximum Gasteiger partial charge on any atom is 0.253 e. The van der Waals surface area contributed by atoms with E-state index in [0.29, 0.717) is 22.0 Å². The average molecular weight is 304 g/mol. The van der Waals surface area contributed by atoms with Crippen LogP contribution in [0, 0.1) is 5.41 Å². The molecule has 1 saturated carbocycles. The first-order chi connectivity index (χ1) is 9.80. The van der Waals surface area contributed by atoms with Crippen molar-refractivity contribution in [3.63, 3.8) is 0 Å². The minimum Gasteiger partial charge on any atom is -0.389 e. The van der Waals surface area contributed by atoms with Gasteiger partial charge in [-0.3, -0.25) is 4.79 Å². The summed E-state index contributed by atoms with van der Waals surface area (Å²) in [5, 5.41) is 0. The summed E-state index contributed by atoms with van der Waals surface area (Å²) >= 11 is 4.93. The minimum atomic E-state index is 0.0780. The highest BCUT2D eigenvalue weighted by Crippen LogP contribution is 2.36. The number of nitrogens with two attached hydrogens (primary N) is 1. The third kappa shape index (κ3) is 3.82. The van der Waals surface area contributed by atoms with Crippen molar-refractivity contribution in [3.05, 3.63) is 35.4 Å². The van der Waals surface area contributed by atoms with Gasteiger partial charge in [0, 0.05) is 24.2 Å². The topological polar surface area (TPSA) is 46.3 Å². The summed E-state index contributed by atoms with van der Waals surface area (Å²) in [6, 6.07) is 7.59. The van der Waals surface area contributed by atoms with Gasteiger partial charge in [0.2, 0.25) is 0 Å². The van der Waals surface area contributed by atoms with E-state index >= 15 is 0 Å². The smallest absolute Gasteiger partial charge is 0.253 e. The molecule has 0 bridgehead atoms. The Kier molecular flexibility index (Phi) is 4.67. The maximum atomic E-state index is 12.5. The van der Waals surface area contributed by atoms with E-state index in [1.165, 1.54) is 12.8 Å². The van der Waals surface area contributed by atoms with Crippen LogP contribution in [0.4, 0.5) is 0 Å². The van der Waals surface area contributed by atoms with Gasteiger partial charge in [0.25, 0.3) is 5.91 Å². The number of carbonyl (C=O) groups is 1. The molecule has 1 aromatic carbocycles. The molecule has 1 amide bonds. The first-order valence-electron chi connectivity index (χ1n) is 7.47. The Morgan fingerprint density at radius 3 is 2.14 bits per heavy atom. The quantitative estimate of drug-likeness (QED) is 0.871. The lowest BCUT2D eigenvalue weighted by Crippen LogP contribution is -2.40. The summed E-state index contributed by atoms with van der Waals surface area (Å²) in [4.78, 5) is 14.8. The molecule has 1 aliphatic carbocycles. The van der Waals surface area contributed by atoms with Crippen molar-refractivity contribution in [2.75, 3.05) is 7.05 Å². The highest BCUT2D eigenvalue weighted by molar-refractivity contribution is 7.80. The summed E-state index contributed by atoms with van der Waals surface area (Å²) in [5.41, 5.74) is 7.49. The standard InChI is InChI=1S/C17H24N2OS/c1-17(2)10-8-14(9-11-17)19(3)16(20)13-6-4-12(5-7-13)15(18)21/h4-7,14H,8-11H2,1-3H3,(H2,18,21). The Morgan fingerprint density at radius 2 is 1.67 bits per heavy atom. The summed E-state index contributed by atoms with van der Waals surface area (Å²) in [7, 11) is 1.91. The zero-order valence-electron chi connectivity index (χ0n) is 13.1. The van der Waals surface area contributed by atoms with E-state index in [-0.39, 0.29) is 5.91 Å². The second kappa shape index (κ2) is 6.14. The molecule has 0 radical (unpaired) electrons. The summed E-state index contributed by atoms with van der Waals surface area (Å²) in [6.45, 7) is 4.61. The minimum absolute atomic E-state index is 0.0780. The third-order valence-corrected chi connectivity index (χ3v) is 4.83. The number of carbonyl (C=O) groups excluding carboxylic acids is 1. The van der Waals surface area contributed by atoms with Gasteiger partial charge in [-0.1, -0.05) is 38.2 Å². The predicted molar refractivity (Wildman–Crippen MR) is 90.5 cm³/mol. The largest absolute Gasteiger partial charge is 0.389 e. The van der Waals surface area contributed by atoms with Gasteiger partial charge in [0.05, 0.1) is 0 Å². The lowest BCUT2D eigenvalue weighted by atomic mass is 9.75. The molecule has 1 aromatic rings. The molecule has 3 nitrogen and oxygen atoms in total. The van der Waals surface area contributed by atoms with Gasteiger partial charge in [0.15, 0.2) is 0 Å². The Morgan fingerprint density at radius 1 is 1.19 bits per heavy atom. The fourth-order valence-electron chi connectivity index (χ4n) is 2.92. The molecule has 2 N–H and O–H groups in total. The summed E-state index contributed by atoms with van der Waals surface area (Å²) in [5.74, 6) is 0.0780. The van der Waals surface area contributed by atoms with Crippen LogP contribution in [-0.2, 0) is 0 Å². The molecular weight excluding hydrogens is 280 g/mol. The van der Waals surface area contributed by atoms with Crippen LogP contribution in [0.1, 0.15) is 55.5 Å². The van der Waals surface area contributed by atoms with Crippen molar-refractivity contribution in [2.45, 2.75) is 45.6 Å². The highest BCUT2D eigenvalue weighted by atomic mass is 32.1. The second-order valence-electron chi connectivity index (χ2n) is 6.75. The van der Waals surface area contributed by atoms with E-state index in [0.717, 1.165) is 18.4 Å². The van der Waals surface area contributed by atoms with E-state index in [9.17, 15) is 4.79 Å². The van der Waals surface area contributed by atoms with E-state index in [2.05, 4.69) is 13.8 Å². The molecule has 0 saturated heterocycles. The van der Waals surface area contributed by atoms with E-state index in [4.69, 9.17) is 18.0 Å². The number of amides is 1. The molecule has 114 valence electrons. The number of hydrogen-bond acceptors (Lipinski definition) is 2. The van der Waals surface area contributed by atoms with Gasteiger partial charge in [-0.2, -0.15) is 0 Å². The fourth-order valence-corrected chi connectivity index (χ4v) is 3.05. The SMILES string of the molecule is CN(C(=O)c1ccc(C(N)=S)cc1)C1CCC(C)(C)CC1. The van der Waals surface area contributed by atoms with Gasteiger partial charge in [-0.05, 0) is 43.2 Å². The monoisotopic (exact) mass is 304 g/mol. The fraction of sp³-hybridized carbons (Fsp3) is 0.529. The molecule has 0 heterocycles.